The summed E-state index contributed by atoms with van der Waals surface area (Å²) in [6.45, 7) is 4.39. The molecule has 6 rings (SSSR count). The zero-order valence-electron chi connectivity index (χ0n) is 28.1. The Balaban J connectivity index is 1.02. The van der Waals surface area contributed by atoms with Crippen LogP contribution in [-0.4, -0.2) is 37.3 Å². The van der Waals surface area contributed by atoms with Crippen molar-refractivity contribution in [2.75, 3.05) is 32.7 Å². The molecule has 1 heterocycles. The van der Waals surface area contributed by atoms with Crippen LogP contribution in [0.4, 0.5) is 15.9 Å². The van der Waals surface area contributed by atoms with Crippen molar-refractivity contribution in [2.24, 2.45) is 0 Å². The molecule has 8 nitrogen and oxygen atoms in total. The van der Waals surface area contributed by atoms with Gasteiger partial charge in [0.1, 0.15) is 36.1 Å². The number of rotatable bonds is 15. The van der Waals surface area contributed by atoms with Crippen molar-refractivity contribution in [3.8, 4) is 34.1 Å². The van der Waals surface area contributed by atoms with E-state index in [0.29, 0.717) is 48.3 Å². The first kappa shape index (κ1) is 34.5. The summed E-state index contributed by atoms with van der Waals surface area (Å²) in [5, 5.41) is 7.40. The lowest BCUT2D eigenvalue weighted by atomic mass is 9.97. The lowest BCUT2D eigenvalue weighted by Crippen LogP contribution is -2.17. The molecule has 2 N–H and O–H groups in total. The highest BCUT2D eigenvalue weighted by Gasteiger charge is 2.13. The fraction of sp³-hybridized carbons (Fsp3) is 0.200. The van der Waals surface area contributed by atoms with Crippen LogP contribution in [0.5, 0.6) is 23.0 Å². The summed E-state index contributed by atoms with van der Waals surface area (Å²) < 4.78 is 37.3. The Hall–Kier alpha value is -5.38. The van der Waals surface area contributed by atoms with E-state index in [2.05, 4.69) is 70.0 Å². The summed E-state index contributed by atoms with van der Waals surface area (Å²) >= 11 is 5.97. The van der Waals surface area contributed by atoms with Crippen molar-refractivity contribution in [3.05, 3.63) is 131 Å². The van der Waals surface area contributed by atoms with Crippen LogP contribution in [0, 0.1) is 12.7 Å². The maximum atomic E-state index is 13.7. The number of hydrogen-bond donors (Lipinski definition) is 2. The van der Waals surface area contributed by atoms with Crippen LogP contribution in [0.1, 0.15) is 23.1 Å². The van der Waals surface area contributed by atoms with Gasteiger partial charge in [-0.2, -0.15) is 0 Å². The molecule has 6 aromatic rings. The summed E-state index contributed by atoms with van der Waals surface area (Å²) in [5.74, 6) is 2.67. The third kappa shape index (κ3) is 8.25. The quantitative estimate of drug-likeness (QED) is 0.103. The summed E-state index contributed by atoms with van der Waals surface area (Å²) in [4.78, 5) is 8.75. The zero-order chi connectivity index (χ0) is 34.9. The summed E-state index contributed by atoms with van der Waals surface area (Å²) in [6, 6.07) is 30.7. The lowest BCUT2D eigenvalue weighted by molar-refractivity contribution is 0.288. The van der Waals surface area contributed by atoms with Crippen LogP contribution in [0.25, 0.3) is 22.0 Å². The second kappa shape index (κ2) is 16.3. The molecule has 0 atom stereocenters. The first-order chi connectivity index (χ1) is 24.4. The van der Waals surface area contributed by atoms with Crippen LogP contribution in [0.2, 0.25) is 5.02 Å². The van der Waals surface area contributed by atoms with Crippen LogP contribution in [0.3, 0.4) is 0 Å². The predicted octanol–water partition coefficient (Wildman–Crippen LogP) is 9.30. The third-order valence-electron chi connectivity index (χ3n) is 8.36. The molecule has 0 unspecified atom stereocenters. The molecule has 0 aliphatic rings. The standard InChI is InChI=1S/C40H38ClFN4O4/c1-26-29(11-7-12-32(26)27-9-5-4-6-10-27)24-50-31-15-13-28(37(20-31)47-2)23-43-17-8-18-49-39-21-33-36(22-38(39)48-3)44-25-45-40(33)46-30-14-16-35(42)34(41)19-30/h4-7,9-16,19-22,25,43H,8,17-18,23-24H2,1-3H3,(H,44,45,46). The molecular weight excluding hydrogens is 655 g/mol. The van der Waals surface area contributed by atoms with Crippen LogP contribution < -0.4 is 29.6 Å². The average Bonchev–Trinajstić information content (AvgIpc) is 3.14. The first-order valence-corrected chi connectivity index (χ1v) is 16.6. The van der Waals surface area contributed by atoms with Gasteiger partial charge in [0, 0.05) is 35.3 Å². The van der Waals surface area contributed by atoms with E-state index in [-0.39, 0.29) is 5.02 Å². The predicted molar refractivity (Wildman–Crippen MR) is 197 cm³/mol. The molecule has 0 aliphatic heterocycles. The minimum Gasteiger partial charge on any atom is -0.496 e. The monoisotopic (exact) mass is 692 g/mol. The molecule has 0 spiro atoms. The third-order valence-corrected chi connectivity index (χ3v) is 8.65. The van der Waals surface area contributed by atoms with Gasteiger partial charge in [-0.15, -0.1) is 0 Å². The number of nitrogens with one attached hydrogen (secondary N) is 2. The summed E-state index contributed by atoms with van der Waals surface area (Å²) in [7, 11) is 3.26. The molecule has 10 heteroatoms. The molecule has 0 saturated heterocycles. The Morgan fingerprint density at radius 2 is 1.62 bits per heavy atom. The second-order valence-electron chi connectivity index (χ2n) is 11.6. The highest BCUT2D eigenvalue weighted by atomic mass is 35.5. The number of hydrogen-bond acceptors (Lipinski definition) is 8. The summed E-state index contributed by atoms with van der Waals surface area (Å²) in [6.07, 6.45) is 2.20. The van der Waals surface area contributed by atoms with E-state index < -0.39 is 5.82 Å². The van der Waals surface area contributed by atoms with Gasteiger partial charge in [-0.05, 0) is 72.5 Å². The normalized spacial score (nSPS) is 11.0. The van der Waals surface area contributed by atoms with E-state index in [1.165, 1.54) is 35.2 Å². The van der Waals surface area contributed by atoms with E-state index in [1.54, 1.807) is 26.4 Å². The Labute approximate surface area is 296 Å². The number of anilines is 2. The van der Waals surface area contributed by atoms with Gasteiger partial charge in [0.05, 0.1) is 31.4 Å². The molecule has 0 radical (unpaired) electrons. The SMILES string of the molecule is COc1cc(OCc2cccc(-c3ccccc3)c2C)ccc1CNCCCOc1cc2c(Nc3ccc(F)c(Cl)c3)ncnc2cc1OC. The Kier molecular flexibility index (Phi) is 11.3. The van der Waals surface area contributed by atoms with E-state index in [9.17, 15) is 4.39 Å². The number of aromatic nitrogens is 2. The van der Waals surface area contributed by atoms with E-state index in [1.807, 2.05) is 30.3 Å². The van der Waals surface area contributed by atoms with Crippen molar-refractivity contribution in [1.82, 2.24) is 15.3 Å². The molecule has 1 aromatic heterocycles. The minimum absolute atomic E-state index is 0.0176. The minimum atomic E-state index is -0.492. The number of halogens is 2. The second-order valence-corrected chi connectivity index (χ2v) is 12.0. The fourth-order valence-corrected chi connectivity index (χ4v) is 5.82. The van der Waals surface area contributed by atoms with Gasteiger partial charge in [-0.3, -0.25) is 0 Å². The summed E-state index contributed by atoms with van der Waals surface area (Å²) in [5.41, 5.74) is 7.04. The Bertz CT molecular complexity index is 2080. The van der Waals surface area contributed by atoms with Crippen LogP contribution in [0.15, 0.2) is 103 Å². The molecular formula is C40H38ClFN4O4. The molecule has 0 amide bonds. The molecule has 0 saturated carbocycles. The van der Waals surface area contributed by atoms with Crippen molar-refractivity contribution in [1.29, 1.82) is 0 Å². The highest BCUT2D eigenvalue weighted by Crippen LogP contribution is 2.35. The lowest BCUT2D eigenvalue weighted by Gasteiger charge is -2.15. The van der Waals surface area contributed by atoms with Gasteiger partial charge in [0.2, 0.25) is 0 Å². The number of benzene rings is 5. The van der Waals surface area contributed by atoms with Gasteiger partial charge >= 0.3 is 0 Å². The number of nitrogens with zero attached hydrogens (tertiary/aromatic N) is 2. The fourth-order valence-electron chi connectivity index (χ4n) is 5.64. The van der Waals surface area contributed by atoms with Crippen molar-refractivity contribution < 1.29 is 23.3 Å². The Morgan fingerprint density at radius 1 is 0.780 bits per heavy atom. The number of methoxy groups -OCH3 is 2. The smallest absolute Gasteiger partial charge is 0.162 e. The molecule has 0 aliphatic carbocycles. The van der Waals surface area contributed by atoms with Crippen molar-refractivity contribution in [3.63, 3.8) is 0 Å². The van der Waals surface area contributed by atoms with Gasteiger partial charge < -0.3 is 29.6 Å². The van der Waals surface area contributed by atoms with E-state index in [0.717, 1.165) is 41.0 Å². The molecule has 0 bridgehead atoms. The van der Waals surface area contributed by atoms with Crippen LogP contribution in [-0.2, 0) is 13.2 Å². The van der Waals surface area contributed by atoms with Gasteiger partial charge in [0.15, 0.2) is 11.5 Å². The maximum Gasteiger partial charge on any atom is 0.162 e. The molecule has 256 valence electrons. The molecule has 50 heavy (non-hydrogen) atoms. The molecule has 0 fully saturated rings. The molecule has 5 aromatic carbocycles. The largest absolute Gasteiger partial charge is 0.496 e. The maximum absolute atomic E-state index is 13.7. The van der Waals surface area contributed by atoms with Crippen molar-refractivity contribution in [2.45, 2.75) is 26.5 Å². The van der Waals surface area contributed by atoms with Gasteiger partial charge in [-0.25, -0.2) is 14.4 Å². The Morgan fingerprint density at radius 3 is 2.42 bits per heavy atom. The first-order valence-electron chi connectivity index (χ1n) is 16.3. The number of fused-ring (bicyclic) bond motifs is 1. The van der Waals surface area contributed by atoms with E-state index >= 15 is 0 Å². The van der Waals surface area contributed by atoms with Crippen molar-refractivity contribution >= 4 is 34.0 Å². The van der Waals surface area contributed by atoms with Gasteiger partial charge in [-0.1, -0.05) is 66.2 Å². The topological polar surface area (TPSA) is 86.8 Å². The van der Waals surface area contributed by atoms with Gasteiger partial charge in [0.25, 0.3) is 0 Å². The van der Waals surface area contributed by atoms with E-state index in [4.69, 9.17) is 30.5 Å². The highest BCUT2D eigenvalue weighted by molar-refractivity contribution is 6.31. The van der Waals surface area contributed by atoms with Crippen LogP contribution >= 0.6 is 11.6 Å². The zero-order valence-corrected chi connectivity index (χ0v) is 28.9. The number of ether oxygens (including phenoxy) is 4. The average molecular weight is 693 g/mol.